The molecule has 1 amide bonds. The molecule has 0 spiro atoms. The molecule has 15 atom stereocenters. The normalized spacial score (nSPS) is 33.0. The maximum atomic E-state index is 14.6. The van der Waals surface area contributed by atoms with Crippen LogP contribution in [0, 0.1) is 35.5 Å². The SMILES string of the molecule is CO[C@H]1C[C@@H]2CC[C@@H](C)[C@@](O)(O2)C(=O)C(=O)N2CCCC[C@H]2C(=O)O[C@H]([C@H](C)C[C@@H]2CC[C@@H](OC(=O)CCC(=O)On3c(O)ccc3O)[C@H](OC)C2)CC(=O)[C@H](C)C=C(C)[C@@H](O)[C@@H](OC)C(=O)[C@H](C)C[C@H](C)C=CC=CC=C1C. The number of aromatic nitrogens is 1. The summed E-state index contributed by atoms with van der Waals surface area (Å²) >= 11 is 0. The average molecular weight is 1110 g/mol. The number of aliphatic hydroxyl groups excluding tert-OH is 1. The Hall–Kier alpha value is -5.51. The number of hydrogen-bond donors (Lipinski definition) is 4. The van der Waals surface area contributed by atoms with E-state index in [0.29, 0.717) is 68.1 Å². The van der Waals surface area contributed by atoms with Crippen molar-refractivity contribution in [2.75, 3.05) is 27.9 Å². The number of fused-ring (bicyclic) bond motifs is 3. The summed E-state index contributed by atoms with van der Waals surface area (Å²) in [6, 6.07) is 1.03. The molecule has 4 heterocycles. The standard InChI is InChI=1S/C59H86N2O18/c1-34-16-12-11-13-17-35(2)46(73-8)32-42-21-19-40(7)59(72,78-42)56(69)57(70)60-27-15-14-18-43(60)58(71)77-47(33-44(62)36(3)29-39(6)54(68)55(75-10)53(67)38(5)28-34)37(4)30-41-20-22-45(48(31-41)74-9)76-51(65)25-26-52(66)79-61-49(63)23-24-50(61)64/h11-13,16-17,23-24,29,34,36-38,40-43,45-48,54-55,63-64,68,72H,14-15,18-22,25-28,30-33H2,1-10H3/t34-,36-,37-,38-,40-,41+,42+,43+,45-,46+,47+,48-,54-,55+,59-/m1/s1. The number of rotatable bonds is 11. The highest BCUT2D eigenvalue weighted by Gasteiger charge is 2.53. The molecule has 0 unspecified atom stereocenters. The minimum Gasteiger partial charge on any atom is -0.492 e. The van der Waals surface area contributed by atoms with Gasteiger partial charge in [0.25, 0.3) is 11.7 Å². The van der Waals surface area contributed by atoms with Crippen LogP contribution >= 0.6 is 0 Å². The van der Waals surface area contributed by atoms with E-state index in [1.54, 1.807) is 40.9 Å². The third kappa shape index (κ3) is 17.3. The number of methoxy groups -OCH3 is 3. The van der Waals surface area contributed by atoms with Crippen molar-refractivity contribution in [1.82, 2.24) is 9.63 Å². The number of hydrogen-bond acceptors (Lipinski definition) is 18. The Morgan fingerprint density at radius 3 is 2.18 bits per heavy atom. The largest absolute Gasteiger partial charge is 0.492 e. The highest BCUT2D eigenvalue weighted by Crippen LogP contribution is 2.38. The zero-order chi connectivity index (χ0) is 58.3. The molecule has 0 aromatic carbocycles. The fraction of sp³-hybridized carbons (Fsp3) is 0.678. The number of carbonyl (C=O) groups is 7. The Bertz CT molecular complexity index is 2390. The minimum atomic E-state index is -2.49. The van der Waals surface area contributed by atoms with Gasteiger partial charge in [-0.05, 0) is 107 Å². The molecule has 1 aromatic heterocycles. The van der Waals surface area contributed by atoms with Crippen LogP contribution in [0.25, 0.3) is 0 Å². The minimum absolute atomic E-state index is 0.0191. The van der Waals surface area contributed by atoms with Gasteiger partial charge in [-0.25, -0.2) is 9.59 Å². The van der Waals surface area contributed by atoms with E-state index in [0.717, 1.165) is 22.6 Å². The van der Waals surface area contributed by atoms with E-state index in [1.165, 1.54) is 14.2 Å². The number of Topliss-reactive ketones (excluding diaryl/α,β-unsaturated/α-hetero) is 3. The van der Waals surface area contributed by atoms with Crippen LogP contribution in [-0.2, 0) is 62.0 Å². The molecule has 3 fully saturated rings. The van der Waals surface area contributed by atoms with Gasteiger partial charge in [0, 0.05) is 70.6 Å². The molecular formula is C59H86N2O18. The zero-order valence-electron chi connectivity index (χ0n) is 47.7. The Balaban J connectivity index is 1.39. The van der Waals surface area contributed by atoms with E-state index in [1.807, 2.05) is 51.2 Å². The van der Waals surface area contributed by atoms with Gasteiger partial charge < -0.3 is 58.6 Å². The highest BCUT2D eigenvalue weighted by atomic mass is 16.7. The van der Waals surface area contributed by atoms with E-state index < -0.39 is 126 Å². The van der Waals surface area contributed by atoms with E-state index in [9.17, 15) is 54.0 Å². The van der Waals surface area contributed by atoms with Crippen LogP contribution in [0.2, 0.25) is 0 Å². The first-order valence-corrected chi connectivity index (χ1v) is 27.9. The third-order valence-corrected chi connectivity index (χ3v) is 16.3. The monoisotopic (exact) mass is 1110 g/mol. The summed E-state index contributed by atoms with van der Waals surface area (Å²) in [5.74, 6) is -11.4. The van der Waals surface area contributed by atoms with Gasteiger partial charge in [0.05, 0.1) is 31.2 Å². The number of nitrogens with zero attached hydrogens (tertiary/aromatic N) is 2. The van der Waals surface area contributed by atoms with Gasteiger partial charge in [-0.15, -0.1) is 4.73 Å². The predicted octanol–water partition coefficient (Wildman–Crippen LogP) is 6.38. The second-order valence-corrected chi connectivity index (χ2v) is 22.4. The number of ether oxygens (including phenoxy) is 6. The van der Waals surface area contributed by atoms with Crippen molar-refractivity contribution >= 4 is 41.2 Å². The topological polar surface area (TPSA) is 273 Å². The maximum absolute atomic E-state index is 14.6. The van der Waals surface area contributed by atoms with E-state index >= 15 is 0 Å². The summed E-state index contributed by atoms with van der Waals surface area (Å²) in [6.07, 6.45) is 8.61. The van der Waals surface area contributed by atoms with Crippen molar-refractivity contribution in [2.45, 2.75) is 193 Å². The van der Waals surface area contributed by atoms with Crippen LogP contribution in [0.4, 0.5) is 0 Å². The predicted molar refractivity (Wildman–Crippen MR) is 288 cm³/mol. The van der Waals surface area contributed by atoms with Gasteiger partial charge in [-0.2, -0.15) is 0 Å². The van der Waals surface area contributed by atoms with Gasteiger partial charge in [0.1, 0.15) is 36.2 Å². The van der Waals surface area contributed by atoms with Gasteiger partial charge in [0.2, 0.25) is 17.5 Å². The summed E-state index contributed by atoms with van der Waals surface area (Å²) in [5.41, 5.74) is 1.19. The number of aliphatic hydroxyl groups is 2. The maximum Gasteiger partial charge on any atom is 0.333 e. The Morgan fingerprint density at radius 2 is 1.51 bits per heavy atom. The van der Waals surface area contributed by atoms with Crippen molar-refractivity contribution in [1.29, 1.82) is 0 Å². The molecule has 1 aliphatic carbocycles. The Kier molecular flexibility index (Phi) is 24.3. The molecule has 440 valence electrons. The second-order valence-electron chi connectivity index (χ2n) is 22.4. The Morgan fingerprint density at radius 1 is 0.810 bits per heavy atom. The second kappa shape index (κ2) is 29.8. The molecule has 4 N–H and O–H groups in total. The molecule has 4 aliphatic rings. The smallest absolute Gasteiger partial charge is 0.333 e. The molecule has 1 aromatic rings. The lowest BCUT2D eigenvalue weighted by atomic mass is 9.78. The highest BCUT2D eigenvalue weighted by molar-refractivity contribution is 6.39. The molecule has 79 heavy (non-hydrogen) atoms. The molecule has 20 nitrogen and oxygen atoms in total. The lowest BCUT2D eigenvalue weighted by Gasteiger charge is -2.42. The van der Waals surface area contributed by atoms with Crippen LogP contribution < -0.4 is 4.84 Å². The number of esters is 2. The average Bonchev–Trinajstić information content (AvgIpc) is 3.74. The first-order chi connectivity index (χ1) is 37.4. The van der Waals surface area contributed by atoms with Crippen LogP contribution in [0.3, 0.4) is 0 Å². The lowest BCUT2D eigenvalue weighted by Crippen LogP contribution is -2.61. The van der Waals surface area contributed by atoms with Crippen molar-refractivity contribution in [2.24, 2.45) is 35.5 Å². The zero-order valence-corrected chi connectivity index (χ0v) is 47.7. The quantitative estimate of drug-likeness (QED) is 0.106. The number of piperidine rings is 1. The summed E-state index contributed by atoms with van der Waals surface area (Å²) in [4.78, 5) is 103. The molecule has 0 radical (unpaired) electrons. The first-order valence-electron chi connectivity index (χ1n) is 27.9. The van der Waals surface area contributed by atoms with E-state index in [4.69, 9.17) is 33.3 Å². The third-order valence-electron chi connectivity index (χ3n) is 16.3. The number of cyclic esters (lactones) is 1. The summed E-state index contributed by atoms with van der Waals surface area (Å²) in [7, 11) is 4.40. The first kappa shape index (κ1) is 64.3. The number of aromatic hydroxyl groups is 2. The summed E-state index contributed by atoms with van der Waals surface area (Å²) in [5, 5.41) is 43.1. The number of carbonyl (C=O) groups excluding carboxylic acids is 7. The van der Waals surface area contributed by atoms with E-state index in [-0.39, 0.29) is 55.6 Å². The van der Waals surface area contributed by atoms with E-state index in [2.05, 4.69) is 0 Å². The molecule has 2 saturated heterocycles. The molecular weight excluding hydrogens is 1020 g/mol. The fourth-order valence-electron chi connectivity index (χ4n) is 11.3. The van der Waals surface area contributed by atoms with Gasteiger partial charge in [-0.3, -0.25) is 24.0 Å². The van der Waals surface area contributed by atoms with Crippen LogP contribution in [0.5, 0.6) is 11.8 Å². The van der Waals surface area contributed by atoms with Crippen LogP contribution in [0.1, 0.15) is 138 Å². The van der Waals surface area contributed by atoms with Crippen molar-refractivity contribution in [3.63, 3.8) is 0 Å². The molecule has 20 heteroatoms. The lowest BCUT2D eigenvalue weighted by molar-refractivity contribution is -0.265. The molecule has 5 rings (SSSR count). The number of amides is 1. The molecule has 1 saturated carbocycles. The summed E-state index contributed by atoms with van der Waals surface area (Å²) < 4.78 is 36.0. The van der Waals surface area contributed by atoms with Gasteiger partial charge in [-0.1, -0.05) is 71.1 Å². The summed E-state index contributed by atoms with van der Waals surface area (Å²) in [6.45, 7) is 12.5. The Labute approximate surface area is 464 Å². The molecule has 3 aliphatic heterocycles. The van der Waals surface area contributed by atoms with Gasteiger partial charge in [0.15, 0.2) is 5.78 Å². The molecule has 2 bridgehead atoms. The fourth-order valence-corrected chi connectivity index (χ4v) is 11.3. The van der Waals surface area contributed by atoms with Crippen molar-refractivity contribution in [3.8, 4) is 11.8 Å². The van der Waals surface area contributed by atoms with Crippen LogP contribution in [-0.4, -0.2) is 154 Å². The number of allylic oxidation sites excluding steroid dienone is 6. The van der Waals surface area contributed by atoms with Crippen molar-refractivity contribution < 1.29 is 87.2 Å². The van der Waals surface area contributed by atoms with Crippen LogP contribution in [0.15, 0.2) is 59.7 Å². The van der Waals surface area contributed by atoms with Crippen molar-refractivity contribution in [3.05, 3.63) is 59.7 Å². The number of ketones is 3. The van der Waals surface area contributed by atoms with Gasteiger partial charge >= 0.3 is 17.9 Å².